The normalized spacial score (nSPS) is 16.4. The van der Waals surface area contributed by atoms with Crippen molar-refractivity contribution in [2.75, 3.05) is 32.2 Å². The second-order valence-electron chi connectivity index (χ2n) is 4.76. The molecule has 17 heavy (non-hydrogen) atoms. The van der Waals surface area contributed by atoms with E-state index in [2.05, 4.69) is 42.4 Å². The van der Waals surface area contributed by atoms with E-state index in [1.807, 2.05) is 0 Å². The first kappa shape index (κ1) is 12.4. The fourth-order valence-corrected chi connectivity index (χ4v) is 2.42. The number of nitrogens with zero attached hydrogens (tertiary/aromatic N) is 1. The number of nitrogens with one attached hydrogen (secondary N) is 1. The molecule has 0 spiro atoms. The molecule has 94 valence electrons. The molecule has 0 radical (unpaired) electrons. The van der Waals surface area contributed by atoms with E-state index in [1.54, 1.807) is 7.11 Å². The van der Waals surface area contributed by atoms with Crippen LogP contribution in [0.3, 0.4) is 0 Å². The molecule has 0 aromatic heterocycles. The van der Waals surface area contributed by atoms with Crippen LogP contribution in [-0.2, 0) is 17.7 Å². The van der Waals surface area contributed by atoms with Crippen LogP contribution in [0.15, 0.2) is 18.2 Å². The van der Waals surface area contributed by atoms with Gasteiger partial charge in [0.15, 0.2) is 0 Å². The van der Waals surface area contributed by atoms with Crippen molar-refractivity contribution in [2.45, 2.75) is 25.9 Å². The predicted octanol–water partition coefficient (Wildman–Crippen LogP) is 1.80. The van der Waals surface area contributed by atoms with Crippen molar-refractivity contribution in [1.82, 2.24) is 5.32 Å². The molecule has 1 atom stereocenters. The number of rotatable bonds is 4. The van der Waals surface area contributed by atoms with Crippen LogP contribution in [0.25, 0.3) is 0 Å². The zero-order valence-electron chi connectivity index (χ0n) is 11.0. The molecule has 0 aliphatic carbocycles. The van der Waals surface area contributed by atoms with Gasteiger partial charge in [-0.2, -0.15) is 0 Å². The summed E-state index contributed by atoms with van der Waals surface area (Å²) in [5, 5.41) is 3.45. The zero-order chi connectivity index (χ0) is 12.3. The van der Waals surface area contributed by atoms with Crippen molar-refractivity contribution in [3.8, 4) is 0 Å². The SMILES string of the molecule is COCC(C)N(C)c1cccc2c1CNCC2. The maximum Gasteiger partial charge on any atom is 0.0663 e. The Morgan fingerprint density at radius 2 is 2.29 bits per heavy atom. The smallest absolute Gasteiger partial charge is 0.0663 e. The Labute approximate surface area is 104 Å². The van der Waals surface area contributed by atoms with Crippen molar-refractivity contribution >= 4 is 5.69 Å². The number of fused-ring (bicyclic) bond motifs is 1. The predicted molar refractivity (Wildman–Crippen MR) is 71.6 cm³/mol. The van der Waals surface area contributed by atoms with Crippen LogP contribution in [0.4, 0.5) is 5.69 Å². The Hall–Kier alpha value is -1.06. The maximum absolute atomic E-state index is 5.23. The summed E-state index contributed by atoms with van der Waals surface area (Å²) in [4.78, 5) is 2.31. The number of benzene rings is 1. The quantitative estimate of drug-likeness (QED) is 0.860. The first-order valence-corrected chi connectivity index (χ1v) is 6.27. The van der Waals surface area contributed by atoms with Gasteiger partial charge in [0, 0.05) is 32.4 Å². The van der Waals surface area contributed by atoms with Gasteiger partial charge in [0.25, 0.3) is 0 Å². The van der Waals surface area contributed by atoms with Gasteiger partial charge in [-0.25, -0.2) is 0 Å². The topological polar surface area (TPSA) is 24.5 Å². The lowest BCUT2D eigenvalue weighted by atomic mass is 9.98. The number of anilines is 1. The van der Waals surface area contributed by atoms with Gasteiger partial charge in [-0.15, -0.1) is 0 Å². The van der Waals surface area contributed by atoms with Gasteiger partial charge in [0.05, 0.1) is 6.61 Å². The van der Waals surface area contributed by atoms with E-state index in [0.29, 0.717) is 6.04 Å². The number of likely N-dealkylation sites (N-methyl/N-ethyl adjacent to an activating group) is 1. The average molecular weight is 234 g/mol. The molecular formula is C14H22N2O. The molecule has 2 rings (SSSR count). The number of hydrogen-bond donors (Lipinski definition) is 1. The molecule has 1 aromatic carbocycles. The number of hydrogen-bond acceptors (Lipinski definition) is 3. The Morgan fingerprint density at radius 3 is 3.06 bits per heavy atom. The average Bonchev–Trinajstić information content (AvgIpc) is 2.37. The van der Waals surface area contributed by atoms with E-state index in [4.69, 9.17) is 4.74 Å². The van der Waals surface area contributed by atoms with E-state index in [-0.39, 0.29) is 0 Å². The molecule has 1 aliphatic rings. The lowest BCUT2D eigenvalue weighted by molar-refractivity contribution is 0.183. The largest absolute Gasteiger partial charge is 0.383 e. The molecule has 0 saturated carbocycles. The summed E-state index contributed by atoms with van der Waals surface area (Å²) in [5.74, 6) is 0. The summed E-state index contributed by atoms with van der Waals surface area (Å²) in [7, 11) is 3.90. The van der Waals surface area contributed by atoms with E-state index in [9.17, 15) is 0 Å². The Bertz CT molecular complexity index is 378. The van der Waals surface area contributed by atoms with E-state index in [1.165, 1.54) is 16.8 Å². The van der Waals surface area contributed by atoms with Crippen LogP contribution in [0, 0.1) is 0 Å². The third-order valence-corrected chi connectivity index (χ3v) is 3.57. The fourth-order valence-electron chi connectivity index (χ4n) is 2.42. The molecule has 1 aliphatic heterocycles. The highest BCUT2D eigenvalue weighted by Crippen LogP contribution is 2.26. The number of ether oxygens (including phenoxy) is 1. The minimum atomic E-state index is 0.397. The van der Waals surface area contributed by atoms with Crippen molar-refractivity contribution in [2.24, 2.45) is 0 Å². The number of methoxy groups -OCH3 is 1. The molecule has 0 fully saturated rings. The van der Waals surface area contributed by atoms with Crippen molar-refractivity contribution in [3.05, 3.63) is 29.3 Å². The second kappa shape index (κ2) is 5.52. The van der Waals surface area contributed by atoms with Gasteiger partial charge < -0.3 is 15.0 Å². The van der Waals surface area contributed by atoms with Gasteiger partial charge in [-0.1, -0.05) is 12.1 Å². The Balaban J connectivity index is 2.25. The van der Waals surface area contributed by atoms with E-state index >= 15 is 0 Å². The standard InChI is InChI=1S/C14H22N2O/c1-11(10-17-3)16(2)14-6-4-5-12-7-8-15-9-13(12)14/h4-6,11,15H,7-10H2,1-3H3. The van der Waals surface area contributed by atoms with E-state index in [0.717, 1.165) is 26.1 Å². The monoisotopic (exact) mass is 234 g/mol. The second-order valence-corrected chi connectivity index (χ2v) is 4.76. The molecule has 3 nitrogen and oxygen atoms in total. The van der Waals surface area contributed by atoms with Gasteiger partial charge in [0.1, 0.15) is 0 Å². The Kier molecular flexibility index (Phi) is 4.02. The first-order chi connectivity index (χ1) is 8.24. The van der Waals surface area contributed by atoms with Gasteiger partial charge in [-0.3, -0.25) is 0 Å². The van der Waals surface area contributed by atoms with Crippen LogP contribution in [-0.4, -0.2) is 33.4 Å². The summed E-state index contributed by atoms with van der Waals surface area (Å²) in [6.07, 6.45) is 1.13. The molecule has 0 amide bonds. The molecule has 0 saturated heterocycles. The summed E-state index contributed by atoms with van der Waals surface area (Å²) in [6.45, 7) is 5.02. The third kappa shape index (κ3) is 2.61. The molecule has 1 N–H and O–H groups in total. The zero-order valence-corrected chi connectivity index (χ0v) is 11.0. The van der Waals surface area contributed by atoms with Crippen molar-refractivity contribution < 1.29 is 4.74 Å². The lowest BCUT2D eigenvalue weighted by Crippen LogP contribution is -2.35. The molecule has 1 unspecified atom stereocenters. The lowest BCUT2D eigenvalue weighted by Gasteiger charge is -2.31. The summed E-state index contributed by atoms with van der Waals surface area (Å²) >= 11 is 0. The van der Waals surface area contributed by atoms with Gasteiger partial charge in [0.2, 0.25) is 0 Å². The van der Waals surface area contributed by atoms with Crippen molar-refractivity contribution in [3.63, 3.8) is 0 Å². The van der Waals surface area contributed by atoms with Crippen LogP contribution >= 0.6 is 0 Å². The van der Waals surface area contributed by atoms with Crippen LogP contribution in [0.5, 0.6) is 0 Å². The highest BCUT2D eigenvalue weighted by atomic mass is 16.5. The Morgan fingerprint density at radius 1 is 1.47 bits per heavy atom. The minimum absolute atomic E-state index is 0.397. The maximum atomic E-state index is 5.23. The first-order valence-electron chi connectivity index (χ1n) is 6.27. The highest BCUT2D eigenvalue weighted by molar-refractivity contribution is 5.57. The molecule has 1 aromatic rings. The third-order valence-electron chi connectivity index (χ3n) is 3.57. The van der Waals surface area contributed by atoms with Gasteiger partial charge >= 0.3 is 0 Å². The summed E-state index contributed by atoms with van der Waals surface area (Å²) < 4.78 is 5.23. The molecule has 3 heteroatoms. The summed E-state index contributed by atoms with van der Waals surface area (Å²) in [5.41, 5.74) is 4.26. The minimum Gasteiger partial charge on any atom is -0.383 e. The van der Waals surface area contributed by atoms with Crippen molar-refractivity contribution in [1.29, 1.82) is 0 Å². The molecule has 0 bridgehead atoms. The van der Waals surface area contributed by atoms with E-state index < -0.39 is 0 Å². The highest BCUT2D eigenvalue weighted by Gasteiger charge is 2.17. The fraction of sp³-hybridized carbons (Fsp3) is 0.571. The van der Waals surface area contributed by atoms with Crippen LogP contribution in [0.1, 0.15) is 18.1 Å². The van der Waals surface area contributed by atoms with Crippen LogP contribution < -0.4 is 10.2 Å². The summed E-state index contributed by atoms with van der Waals surface area (Å²) in [6, 6.07) is 7.01. The molecule has 1 heterocycles. The van der Waals surface area contributed by atoms with Gasteiger partial charge in [-0.05, 0) is 37.1 Å². The molecular weight excluding hydrogens is 212 g/mol. The van der Waals surface area contributed by atoms with Crippen LogP contribution in [0.2, 0.25) is 0 Å².